The molecule has 0 aromatic rings. The van der Waals surface area contributed by atoms with E-state index in [0.29, 0.717) is 0 Å². The normalized spacial score (nSPS) is 8.43. The SMILES string of the molecule is O=P([O-])([O-])O.[H+].[H+].[H-].[H-].[Na+].[Na+]. The summed E-state index contributed by atoms with van der Waals surface area (Å²) < 4.78 is 8.66. The van der Waals surface area contributed by atoms with Gasteiger partial charge in [0.25, 0.3) is 0 Å². The number of hydrogen-bond acceptors (Lipinski definition) is 3. The molecule has 0 saturated heterocycles. The summed E-state index contributed by atoms with van der Waals surface area (Å²) in [5.41, 5.74) is 0. The largest absolute Gasteiger partial charge is 1.00 e. The van der Waals surface area contributed by atoms with Gasteiger partial charge in [-0.2, -0.15) is 0 Å². The predicted molar refractivity (Wildman–Crippen MR) is 14.3 cm³/mol. The molecule has 0 saturated carbocycles. The first-order valence-corrected chi connectivity index (χ1v) is 2.24. The molecule has 7 heavy (non-hydrogen) atoms. The predicted octanol–water partition coefficient (Wildman–Crippen LogP) is -7.73. The van der Waals surface area contributed by atoms with Crippen molar-refractivity contribution in [2.24, 2.45) is 0 Å². The molecule has 7 heteroatoms. The number of phosphoric acid groups is 1. The molecule has 0 aliphatic carbocycles. The van der Waals surface area contributed by atoms with Gasteiger partial charge in [0.1, 0.15) is 0 Å². The molecular formula is H5Na2O4P. The van der Waals surface area contributed by atoms with Gasteiger partial charge in [0.15, 0.2) is 0 Å². The van der Waals surface area contributed by atoms with Gasteiger partial charge in [0.2, 0.25) is 0 Å². The molecule has 0 amide bonds. The molecule has 0 bridgehead atoms. The summed E-state index contributed by atoms with van der Waals surface area (Å²) in [6, 6.07) is 0. The van der Waals surface area contributed by atoms with Gasteiger partial charge in [-0.3, -0.25) is 0 Å². The van der Waals surface area contributed by atoms with Crippen molar-refractivity contribution in [1.29, 1.82) is 0 Å². The van der Waals surface area contributed by atoms with Crippen LogP contribution in [0, 0.1) is 0 Å². The van der Waals surface area contributed by atoms with Gasteiger partial charge in [0, 0.05) is 0 Å². The first-order valence-electron chi connectivity index (χ1n) is 0.748. The average Bonchev–Trinajstić information content (AvgIpc) is 0.722. The quantitative estimate of drug-likeness (QED) is 0.271. The third kappa shape index (κ3) is 68.0. The molecule has 0 atom stereocenters. The Bertz CT molecular complexity index is 66.2. The van der Waals surface area contributed by atoms with Gasteiger partial charge < -0.3 is 22.1 Å². The zero-order valence-corrected chi connectivity index (χ0v) is 9.01. The standard InChI is InChI=1S/2Na.H3O4P.2H/c;;1-5(2,3)4;;/h;;(H3,1,2,3,4);;/q2*+1;;2*-1. The Hall–Kier alpha value is 2.11. The Balaban J connectivity index is -0.00000000533. The fourth-order valence-electron chi connectivity index (χ4n) is 0. The van der Waals surface area contributed by atoms with E-state index < -0.39 is 7.82 Å². The fraction of sp³-hybridized carbons (Fsp3) is 0. The zero-order chi connectivity index (χ0) is 4.50. The molecular weight excluding hydrogens is 141 g/mol. The average molecular weight is 146 g/mol. The zero-order valence-electron chi connectivity index (χ0n) is 8.12. The van der Waals surface area contributed by atoms with E-state index in [1.807, 2.05) is 0 Å². The first-order chi connectivity index (χ1) is 2.00. The van der Waals surface area contributed by atoms with Gasteiger partial charge in [-0.1, -0.05) is 0 Å². The third-order valence-corrected chi connectivity index (χ3v) is 0. The van der Waals surface area contributed by atoms with Crippen molar-refractivity contribution < 1.29 is 84.1 Å². The maximum absolute atomic E-state index is 8.66. The summed E-state index contributed by atoms with van der Waals surface area (Å²) >= 11 is 0. The fourth-order valence-corrected chi connectivity index (χ4v) is 0. The van der Waals surface area contributed by atoms with Gasteiger partial charge >= 0.3 is 62.0 Å². The minimum atomic E-state index is -5.14. The van der Waals surface area contributed by atoms with Gasteiger partial charge in [-0.15, -0.1) is 0 Å². The van der Waals surface area contributed by atoms with Crippen molar-refractivity contribution in [2.75, 3.05) is 0 Å². The molecule has 0 heterocycles. The van der Waals surface area contributed by atoms with Gasteiger partial charge in [-0.25, -0.2) is 0 Å². The van der Waals surface area contributed by atoms with Crippen molar-refractivity contribution in [2.45, 2.75) is 0 Å². The Kier molecular flexibility index (Phi) is 14.3. The van der Waals surface area contributed by atoms with Crippen LogP contribution in [-0.4, -0.2) is 4.89 Å². The first kappa shape index (κ1) is 16.1. The molecule has 0 aromatic carbocycles. The number of hydrogen-bond donors (Lipinski definition) is 1. The van der Waals surface area contributed by atoms with Crippen LogP contribution in [0.25, 0.3) is 0 Å². The molecule has 0 radical (unpaired) electrons. The maximum atomic E-state index is 8.66. The van der Waals surface area contributed by atoms with E-state index >= 15 is 0 Å². The molecule has 0 rings (SSSR count). The third-order valence-electron chi connectivity index (χ3n) is 0. The summed E-state index contributed by atoms with van der Waals surface area (Å²) in [4.78, 5) is 24.3. The molecule has 0 unspecified atom stereocenters. The summed E-state index contributed by atoms with van der Waals surface area (Å²) in [5, 5.41) is 0. The summed E-state index contributed by atoms with van der Waals surface area (Å²) in [6.07, 6.45) is 0. The van der Waals surface area contributed by atoms with E-state index in [9.17, 15) is 0 Å². The molecule has 4 nitrogen and oxygen atoms in total. The number of rotatable bonds is 0. The minimum absolute atomic E-state index is 0. The van der Waals surface area contributed by atoms with Gasteiger partial charge in [0.05, 0.1) is 7.82 Å². The Morgan fingerprint density at radius 2 is 1.57 bits per heavy atom. The van der Waals surface area contributed by atoms with Crippen molar-refractivity contribution in [3.05, 3.63) is 0 Å². The second kappa shape index (κ2) is 6.23. The van der Waals surface area contributed by atoms with Gasteiger partial charge in [-0.05, 0) is 0 Å². The molecule has 0 spiro atoms. The van der Waals surface area contributed by atoms with Crippen LogP contribution in [-0.2, 0) is 4.57 Å². The summed E-state index contributed by atoms with van der Waals surface area (Å²) in [7, 11) is -5.14. The van der Waals surface area contributed by atoms with E-state index in [1.165, 1.54) is 0 Å². The van der Waals surface area contributed by atoms with Crippen LogP contribution in [0.4, 0.5) is 0 Å². The molecule has 36 valence electrons. The van der Waals surface area contributed by atoms with Crippen molar-refractivity contribution in [1.82, 2.24) is 0 Å². The molecule has 0 aliphatic heterocycles. The second-order valence-electron chi connectivity index (χ2n) is 0.469. The van der Waals surface area contributed by atoms with Crippen LogP contribution in [0.1, 0.15) is 5.71 Å². The minimum Gasteiger partial charge on any atom is -1.00 e. The summed E-state index contributed by atoms with van der Waals surface area (Å²) in [5.74, 6) is 0. The van der Waals surface area contributed by atoms with Crippen molar-refractivity contribution in [3.8, 4) is 0 Å². The monoisotopic (exact) mass is 146 g/mol. The van der Waals surface area contributed by atoms with E-state index in [1.54, 1.807) is 0 Å². The Morgan fingerprint density at radius 1 is 1.57 bits per heavy atom. The molecule has 0 aliphatic rings. The molecule has 0 fully saturated rings. The Labute approximate surface area is 91.1 Å². The second-order valence-corrected chi connectivity index (χ2v) is 1.41. The smallest absolute Gasteiger partial charge is 1.00 e. The van der Waals surface area contributed by atoms with Crippen LogP contribution >= 0.6 is 7.82 Å². The van der Waals surface area contributed by atoms with E-state index in [2.05, 4.69) is 0 Å². The van der Waals surface area contributed by atoms with Crippen molar-refractivity contribution in [3.63, 3.8) is 0 Å². The van der Waals surface area contributed by atoms with E-state index in [0.717, 1.165) is 0 Å². The maximum Gasteiger partial charge on any atom is 1.00 e. The van der Waals surface area contributed by atoms with E-state index in [4.69, 9.17) is 19.2 Å². The van der Waals surface area contributed by atoms with E-state index in [-0.39, 0.29) is 64.8 Å². The van der Waals surface area contributed by atoms with Crippen LogP contribution in [0.3, 0.4) is 0 Å². The molecule has 0 aromatic heterocycles. The van der Waals surface area contributed by atoms with Crippen LogP contribution in [0.15, 0.2) is 0 Å². The topological polar surface area (TPSA) is 83.4 Å². The van der Waals surface area contributed by atoms with Crippen LogP contribution in [0.5, 0.6) is 0 Å². The van der Waals surface area contributed by atoms with Crippen molar-refractivity contribution >= 4 is 7.82 Å². The molecule has 1 N–H and O–H groups in total. The summed E-state index contributed by atoms with van der Waals surface area (Å²) in [6.45, 7) is 0. The van der Waals surface area contributed by atoms with Crippen LogP contribution in [0.2, 0.25) is 0 Å². The van der Waals surface area contributed by atoms with Crippen LogP contribution < -0.4 is 68.9 Å². The Morgan fingerprint density at radius 3 is 1.57 bits per heavy atom.